The van der Waals surface area contributed by atoms with Crippen LogP contribution < -0.4 is 4.72 Å². The van der Waals surface area contributed by atoms with Gasteiger partial charge >= 0.3 is 5.97 Å². The van der Waals surface area contributed by atoms with E-state index in [2.05, 4.69) is 4.72 Å². The Morgan fingerprint density at radius 3 is 2.89 bits per heavy atom. The molecule has 52 valence electrons. The van der Waals surface area contributed by atoms with Crippen LogP contribution in [0.3, 0.4) is 0 Å². The second kappa shape index (κ2) is 3.08. The maximum atomic E-state index is 10.3. The molecule has 0 aromatic rings. The Bertz CT molecular complexity index is 112. The van der Waals surface area contributed by atoms with Crippen LogP contribution in [0, 0.1) is 0 Å². The molecule has 0 amide bonds. The van der Waals surface area contributed by atoms with E-state index in [0.29, 0.717) is 0 Å². The maximum absolute atomic E-state index is 10.3. The predicted molar refractivity (Wildman–Crippen MR) is 36.3 cm³/mol. The summed E-state index contributed by atoms with van der Waals surface area (Å²) in [5.41, 5.74) is 0. The van der Waals surface area contributed by atoms with Crippen molar-refractivity contribution < 1.29 is 9.90 Å². The molecule has 3 nitrogen and oxygen atoms in total. The van der Waals surface area contributed by atoms with Gasteiger partial charge < -0.3 is 5.11 Å². The molecule has 0 spiro atoms. The lowest BCUT2D eigenvalue weighted by atomic mass is 10.2. The molecule has 2 N–H and O–H groups in total. The summed E-state index contributed by atoms with van der Waals surface area (Å²) in [5.74, 6) is 0.297. The molecule has 1 unspecified atom stereocenters. The van der Waals surface area contributed by atoms with Crippen molar-refractivity contribution in [1.29, 1.82) is 0 Å². The molecule has 1 saturated heterocycles. The van der Waals surface area contributed by atoms with Crippen LogP contribution in [0.4, 0.5) is 0 Å². The molecule has 0 bridgehead atoms. The average Bonchev–Trinajstić information content (AvgIpc) is 1.90. The van der Waals surface area contributed by atoms with Crippen LogP contribution >= 0.6 is 11.9 Å². The van der Waals surface area contributed by atoms with Crippen LogP contribution in [0.1, 0.15) is 12.8 Å². The first-order valence-electron chi connectivity index (χ1n) is 2.91. The van der Waals surface area contributed by atoms with Gasteiger partial charge in [0.2, 0.25) is 0 Å². The van der Waals surface area contributed by atoms with Crippen molar-refractivity contribution in [3.8, 4) is 0 Å². The highest BCUT2D eigenvalue weighted by atomic mass is 32.2. The zero-order chi connectivity index (χ0) is 6.69. The highest BCUT2D eigenvalue weighted by Gasteiger charge is 2.19. The van der Waals surface area contributed by atoms with Gasteiger partial charge in [-0.15, -0.1) is 0 Å². The van der Waals surface area contributed by atoms with Crippen molar-refractivity contribution in [3.05, 3.63) is 0 Å². The third kappa shape index (κ3) is 1.87. The normalized spacial score (nSPS) is 27.8. The number of carboxylic acids is 1. The van der Waals surface area contributed by atoms with Gasteiger partial charge in [0.15, 0.2) is 0 Å². The van der Waals surface area contributed by atoms with Crippen LogP contribution in [0.25, 0.3) is 0 Å². The highest BCUT2D eigenvalue weighted by molar-refractivity contribution is 7.97. The summed E-state index contributed by atoms with van der Waals surface area (Å²) in [6.45, 7) is 0. The Labute approximate surface area is 58.0 Å². The van der Waals surface area contributed by atoms with Gasteiger partial charge in [-0.25, -0.2) is 0 Å². The number of rotatable bonds is 1. The second-order valence-electron chi connectivity index (χ2n) is 2.00. The van der Waals surface area contributed by atoms with Crippen LogP contribution in [0.5, 0.6) is 0 Å². The lowest BCUT2D eigenvalue weighted by molar-refractivity contribution is -0.139. The molecule has 0 saturated carbocycles. The van der Waals surface area contributed by atoms with E-state index in [1.165, 1.54) is 11.9 Å². The summed E-state index contributed by atoms with van der Waals surface area (Å²) < 4.78 is 2.84. The van der Waals surface area contributed by atoms with E-state index in [4.69, 9.17) is 5.11 Å². The molecular weight excluding hydrogens is 138 g/mol. The lowest BCUT2D eigenvalue weighted by Gasteiger charge is -2.17. The van der Waals surface area contributed by atoms with Crippen LogP contribution in [0.15, 0.2) is 0 Å². The molecule has 0 aromatic heterocycles. The molecule has 1 heterocycles. The topological polar surface area (TPSA) is 49.3 Å². The first-order chi connectivity index (χ1) is 4.30. The third-order valence-corrected chi connectivity index (χ3v) is 2.21. The maximum Gasteiger partial charge on any atom is 0.321 e. The fourth-order valence-electron chi connectivity index (χ4n) is 0.752. The molecule has 4 heteroatoms. The van der Waals surface area contributed by atoms with Gasteiger partial charge in [-0.2, -0.15) is 0 Å². The Morgan fingerprint density at radius 1 is 1.78 bits per heavy atom. The van der Waals surface area contributed by atoms with E-state index in [0.717, 1.165) is 18.6 Å². The quantitative estimate of drug-likeness (QED) is 0.529. The van der Waals surface area contributed by atoms with E-state index in [1.54, 1.807) is 0 Å². The molecule has 0 aliphatic carbocycles. The molecule has 1 rings (SSSR count). The predicted octanol–water partition coefficient (Wildman–Crippen LogP) is 0.471. The molecule has 1 aliphatic heterocycles. The van der Waals surface area contributed by atoms with Crippen molar-refractivity contribution in [2.45, 2.75) is 18.9 Å². The summed E-state index contributed by atoms with van der Waals surface area (Å²) in [5, 5.41) is 8.46. The van der Waals surface area contributed by atoms with Gasteiger partial charge in [-0.3, -0.25) is 9.52 Å². The first kappa shape index (κ1) is 6.89. The summed E-state index contributed by atoms with van der Waals surface area (Å²) >= 11 is 1.50. The summed E-state index contributed by atoms with van der Waals surface area (Å²) in [7, 11) is 0. The van der Waals surface area contributed by atoms with Gasteiger partial charge in [0.05, 0.1) is 0 Å². The Kier molecular flexibility index (Phi) is 2.36. The smallest absolute Gasteiger partial charge is 0.321 e. The van der Waals surface area contributed by atoms with Crippen molar-refractivity contribution in [2.24, 2.45) is 0 Å². The molecule has 0 aromatic carbocycles. The fourth-order valence-corrected chi connectivity index (χ4v) is 1.60. The number of hydrogen-bond acceptors (Lipinski definition) is 3. The Balaban J connectivity index is 2.31. The van der Waals surface area contributed by atoms with Crippen molar-refractivity contribution >= 4 is 17.9 Å². The van der Waals surface area contributed by atoms with Crippen molar-refractivity contribution in [3.63, 3.8) is 0 Å². The second-order valence-corrected chi connectivity index (χ2v) is 2.93. The number of carbonyl (C=O) groups is 1. The van der Waals surface area contributed by atoms with Crippen molar-refractivity contribution in [2.75, 3.05) is 5.75 Å². The van der Waals surface area contributed by atoms with E-state index >= 15 is 0 Å². The first-order valence-corrected chi connectivity index (χ1v) is 3.89. The monoisotopic (exact) mass is 147 g/mol. The van der Waals surface area contributed by atoms with E-state index < -0.39 is 5.97 Å². The SMILES string of the molecule is O=C(O)C1CCCSN1. The average molecular weight is 147 g/mol. The minimum atomic E-state index is -0.734. The zero-order valence-electron chi connectivity index (χ0n) is 4.96. The molecule has 0 radical (unpaired) electrons. The standard InChI is InChI=1S/C5H9NO2S/c7-5(8)4-2-1-3-9-6-4/h4,6H,1-3H2,(H,7,8). The number of carboxylic acid groups (broad SMARTS) is 1. The summed E-state index contributed by atoms with van der Waals surface area (Å²) in [4.78, 5) is 10.3. The fraction of sp³-hybridized carbons (Fsp3) is 0.800. The van der Waals surface area contributed by atoms with E-state index in [1.807, 2.05) is 0 Å². The number of aliphatic carboxylic acids is 1. The Hall–Kier alpha value is -0.220. The molecular formula is C5H9NO2S. The lowest BCUT2D eigenvalue weighted by Crippen LogP contribution is -2.35. The zero-order valence-corrected chi connectivity index (χ0v) is 5.78. The van der Waals surface area contributed by atoms with Crippen LogP contribution in [-0.2, 0) is 4.79 Å². The van der Waals surface area contributed by atoms with Gasteiger partial charge in [0.25, 0.3) is 0 Å². The number of hydrogen-bond donors (Lipinski definition) is 2. The number of nitrogens with one attached hydrogen (secondary N) is 1. The van der Waals surface area contributed by atoms with Crippen LogP contribution in [0.2, 0.25) is 0 Å². The molecule has 1 aliphatic rings. The summed E-state index contributed by atoms with van der Waals surface area (Å²) in [6, 6.07) is -0.316. The van der Waals surface area contributed by atoms with E-state index in [-0.39, 0.29) is 6.04 Å². The minimum absolute atomic E-state index is 0.316. The van der Waals surface area contributed by atoms with Gasteiger partial charge in [0.1, 0.15) is 6.04 Å². The van der Waals surface area contributed by atoms with E-state index in [9.17, 15) is 4.79 Å². The third-order valence-electron chi connectivity index (χ3n) is 1.26. The van der Waals surface area contributed by atoms with Gasteiger partial charge in [-0.1, -0.05) is 11.9 Å². The highest BCUT2D eigenvalue weighted by Crippen LogP contribution is 2.12. The molecule has 1 fully saturated rings. The molecule has 1 atom stereocenters. The van der Waals surface area contributed by atoms with Gasteiger partial charge in [0, 0.05) is 5.75 Å². The largest absolute Gasteiger partial charge is 0.480 e. The van der Waals surface area contributed by atoms with Gasteiger partial charge in [-0.05, 0) is 12.8 Å². The summed E-state index contributed by atoms with van der Waals surface area (Å²) in [6.07, 6.45) is 1.77. The van der Waals surface area contributed by atoms with Crippen molar-refractivity contribution in [1.82, 2.24) is 4.72 Å². The molecule has 9 heavy (non-hydrogen) atoms. The van der Waals surface area contributed by atoms with Crippen LogP contribution in [-0.4, -0.2) is 22.9 Å². The minimum Gasteiger partial charge on any atom is -0.480 e. The Morgan fingerprint density at radius 2 is 2.56 bits per heavy atom.